The number of hydrogen-bond donors (Lipinski definition) is 6. The number of carboxylic acids is 1. The summed E-state index contributed by atoms with van der Waals surface area (Å²) in [6.45, 7) is 6.69. The number of carboxylic acid groups (broad SMARTS) is 1. The fraction of sp³-hybridized carbons (Fsp3) is 0.722. The molecule has 11 nitrogen and oxygen atoms in total. The maximum Gasteiger partial charge on any atom is 0.322 e. The molecule has 0 aromatic heterocycles. The van der Waals surface area contributed by atoms with E-state index in [2.05, 4.69) is 16.0 Å². The molecule has 0 bridgehead atoms. The van der Waals surface area contributed by atoms with Crippen LogP contribution in [-0.4, -0.2) is 59.4 Å². The van der Waals surface area contributed by atoms with E-state index in [0.717, 1.165) is 0 Å². The van der Waals surface area contributed by atoms with Crippen molar-refractivity contribution in [3.8, 4) is 0 Å². The first-order chi connectivity index (χ1) is 13.4. The number of primary amides is 1. The van der Waals surface area contributed by atoms with Gasteiger partial charge in [-0.3, -0.25) is 24.0 Å². The molecule has 0 saturated carbocycles. The lowest BCUT2D eigenvalue weighted by atomic mass is 9.96. The Kier molecular flexibility index (Phi) is 11.5. The molecule has 0 aliphatic carbocycles. The first-order valence-electron chi connectivity index (χ1n) is 9.53. The molecule has 0 aromatic rings. The van der Waals surface area contributed by atoms with E-state index in [0.29, 0.717) is 6.42 Å². The van der Waals surface area contributed by atoms with Gasteiger partial charge in [-0.25, -0.2) is 0 Å². The summed E-state index contributed by atoms with van der Waals surface area (Å²) < 4.78 is 0. The molecule has 0 aliphatic rings. The third-order valence-electron chi connectivity index (χ3n) is 4.31. The van der Waals surface area contributed by atoms with Crippen molar-refractivity contribution in [3.63, 3.8) is 0 Å². The summed E-state index contributed by atoms with van der Waals surface area (Å²) in [6, 6.07) is -3.16. The highest BCUT2D eigenvalue weighted by atomic mass is 16.4. The quantitative estimate of drug-likeness (QED) is 0.209. The summed E-state index contributed by atoms with van der Waals surface area (Å²) in [4.78, 5) is 58.9. The Morgan fingerprint density at radius 2 is 1.55 bits per heavy atom. The smallest absolute Gasteiger partial charge is 0.322 e. The molecule has 0 saturated heterocycles. The summed E-state index contributed by atoms with van der Waals surface area (Å²) in [5, 5.41) is 16.1. The van der Waals surface area contributed by atoms with Crippen LogP contribution in [-0.2, 0) is 24.0 Å². The molecule has 0 rings (SSSR count). The van der Waals surface area contributed by atoms with Crippen LogP contribution in [0, 0.1) is 11.8 Å². The summed E-state index contributed by atoms with van der Waals surface area (Å²) >= 11 is 0. The summed E-state index contributed by atoms with van der Waals surface area (Å²) in [5.74, 6) is -4.15. The highest BCUT2D eigenvalue weighted by molar-refractivity contribution is 5.94. The molecule has 29 heavy (non-hydrogen) atoms. The monoisotopic (exact) mass is 415 g/mol. The normalized spacial score (nSPS) is 15.0. The van der Waals surface area contributed by atoms with E-state index < -0.39 is 54.3 Å². The van der Waals surface area contributed by atoms with Gasteiger partial charge in [0.2, 0.25) is 23.6 Å². The van der Waals surface area contributed by atoms with Crippen molar-refractivity contribution in [2.45, 2.75) is 65.1 Å². The molecule has 166 valence electrons. The van der Waals surface area contributed by atoms with Crippen molar-refractivity contribution in [2.75, 3.05) is 6.54 Å². The number of rotatable bonds is 13. The number of carbonyl (C=O) groups is 5. The predicted octanol–water partition coefficient (Wildman–Crippen LogP) is -1.55. The Morgan fingerprint density at radius 3 is 2.00 bits per heavy atom. The van der Waals surface area contributed by atoms with Crippen LogP contribution in [0.15, 0.2) is 0 Å². The van der Waals surface area contributed by atoms with Crippen molar-refractivity contribution < 1.29 is 29.1 Å². The van der Waals surface area contributed by atoms with Gasteiger partial charge in [0, 0.05) is 0 Å². The number of hydrogen-bond acceptors (Lipinski definition) is 6. The molecular weight excluding hydrogens is 382 g/mol. The van der Waals surface area contributed by atoms with Crippen LogP contribution in [0.1, 0.15) is 47.0 Å². The maximum absolute atomic E-state index is 12.8. The average Bonchev–Trinajstić information content (AvgIpc) is 2.61. The van der Waals surface area contributed by atoms with E-state index >= 15 is 0 Å². The number of carbonyl (C=O) groups excluding carboxylic acids is 4. The third-order valence-corrected chi connectivity index (χ3v) is 4.31. The Hall–Kier alpha value is -2.69. The number of nitrogens with two attached hydrogens (primary N) is 2. The number of aliphatic carboxylic acids is 1. The Balaban J connectivity index is 5.31. The van der Waals surface area contributed by atoms with E-state index in [1.165, 1.54) is 0 Å². The van der Waals surface area contributed by atoms with Crippen molar-refractivity contribution in [3.05, 3.63) is 0 Å². The summed E-state index contributed by atoms with van der Waals surface area (Å²) in [5.41, 5.74) is 10.7. The zero-order valence-corrected chi connectivity index (χ0v) is 17.4. The first-order valence-corrected chi connectivity index (χ1v) is 9.53. The Bertz CT molecular complexity index is 610. The topological polar surface area (TPSA) is 194 Å². The second-order valence-corrected chi connectivity index (χ2v) is 7.45. The van der Waals surface area contributed by atoms with Crippen LogP contribution in [0.3, 0.4) is 0 Å². The summed E-state index contributed by atoms with van der Waals surface area (Å²) in [7, 11) is 0. The van der Waals surface area contributed by atoms with Gasteiger partial charge >= 0.3 is 5.97 Å². The van der Waals surface area contributed by atoms with Crippen molar-refractivity contribution >= 4 is 29.6 Å². The molecule has 4 unspecified atom stereocenters. The molecule has 4 amide bonds. The molecule has 0 aromatic carbocycles. The Morgan fingerprint density at radius 1 is 0.966 bits per heavy atom. The molecule has 0 spiro atoms. The van der Waals surface area contributed by atoms with Gasteiger partial charge in [0.25, 0.3) is 0 Å². The number of amides is 4. The van der Waals surface area contributed by atoms with Crippen LogP contribution >= 0.6 is 0 Å². The van der Waals surface area contributed by atoms with Gasteiger partial charge in [-0.2, -0.15) is 0 Å². The average molecular weight is 415 g/mol. The Labute approximate surface area is 170 Å². The minimum absolute atomic E-state index is 0.0384. The van der Waals surface area contributed by atoms with E-state index in [-0.39, 0.29) is 24.7 Å². The van der Waals surface area contributed by atoms with Crippen molar-refractivity contribution in [1.82, 2.24) is 16.0 Å². The van der Waals surface area contributed by atoms with Crippen LogP contribution < -0.4 is 27.4 Å². The molecule has 11 heteroatoms. The number of nitrogens with one attached hydrogen (secondary N) is 3. The van der Waals surface area contributed by atoms with Gasteiger partial charge in [-0.05, 0) is 18.3 Å². The third kappa shape index (κ3) is 10.4. The van der Waals surface area contributed by atoms with Gasteiger partial charge < -0.3 is 32.5 Å². The lowest BCUT2D eigenvalue weighted by molar-refractivity contribution is -0.138. The van der Waals surface area contributed by atoms with E-state index in [1.807, 2.05) is 20.8 Å². The zero-order valence-electron chi connectivity index (χ0n) is 17.4. The van der Waals surface area contributed by atoms with Crippen LogP contribution in [0.25, 0.3) is 0 Å². The van der Waals surface area contributed by atoms with Crippen LogP contribution in [0.2, 0.25) is 0 Å². The van der Waals surface area contributed by atoms with E-state index in [4.69, 9.17) is 16.6 Å². The first kappa shape index (κ1) is 26.3. The lowest BCUT2D eigenvalue weighted by Gasteiger charge is -2.27. The fourth-order valence-corrected chi connectivity index (χ4v) is 2.52. The second kappa shape index (κ2) is 12.7. The van der Waals surface area contributed by atoms with Crippen LogP contribution in [0.4, 0.5) is 0 Å². The molecule has 0 radical (unpaired) electrons. The maximum atomic E-state index is 12.8. The molecular formula is C18H33N5O6. The predicted molar refractivity (Wildman–Crippen MR) is 105 cm³/mol. The van der Waals surface area contributed by atoms with Crippen molar-refractivity contribution in [2.24, 2.45) is 23.3 Å². The van der Waals surface area contributed by atoms with Gasteiger partial charge in [0.1, 0.15) is 18.6 Å². The lowest BCUT2D eigenvalue weighted by Crippen LogP contribution is -2.58. The highest BCUT2D eigenvalue weighted by Crippen LogP contribution is 2.11. The SMILES string of the molecule is CCC(C)C(NC(=O)C(N)CC(N)=O)C(=O)NC(CC(C)C)C(=O)NCC(=O)O. The van der Waals surface area contributed by atoms with E-state index in [1.54, 1.807) is 6.92 Å². The second-order valence-electron chi connectivity index (χ2n) is 7.45. The fourth-order valence-electron chi connectivity index (χ4n) is 2.52. The van der Waals surface area contributed by atoms with Gasteiger partial charge in [0.05, 0.1) is 12.5 Å². The summed E-state index contributed by atoms with van der Waals surface area (Å²) in [6.07, 6.45) is 0.456. The van der Waals surface area contributed by atoms with Crippen molar-refractivity contribution in [1.29, 1.82) is 0 Å². The van der Waals surface area contributed by atoms with Gasteiger partial charge in [-0.15, -0.1) is 0 Å². The standard InChI is InChI=1S/C18H33N5O6/c1-5-10(4)15(23-16(27)11(19)7-13(20)24)18(29)22-12(6-9(2)3)17(28)21-8-14(25)26/h9-12,15H,5-8,19H2,1-4H3,(H2,20,24)(H,21,28)(H,22,29)(H,23,27)(H,25,26). The van der Waals surface area contributed by atoms with Gasteiger partial charge in [0.15, 0.2) is 0 Å². The molecule has 4 atom stereocenters. The molecule has 0 fully saturated rings. The largest absolute Gasteiger partial charge is 0.480 e. The molecule has 0 aliphatic heterocycles. The minimum atomic E-state index is -1.21. The molecule has 8 N–H and O–H groups in total. The molecule has 0 heterocycles. The van der Waals surface area contributed by atoms with Gasteiger partial charge in [-0.1, -0.05) is 34.1 Å². The zero-order chi connectivity index (χ0) is 22.7. The van der Waals surface area contributed by atoms with E-state index in [9.17, 15) is 24.0 Å². The minimum Gasteiger partial charge on any atom is -0.480 e. The van der Waals surface area contributed by atoms with Crippen LogP contribution in [0.5, 0.6) is 0 Å². The highest BCUT2D eigenvalue weighted by Gasteiger charge is 2.31.